The van der Waals surface area contributed by atoms with Crippen molar-refractivity contribution in [3.05, 3.63) is 74.3 Å². The van der Waals surface area contributed by atoms with E-state index in [9.17, 15) is 4.79 Å². The Balaban J connectivity index is 1.91. The van der Waals surface area contributed by atoms with E-state index >= 15 is 0 Å². The van der Waals surface area contributed by atoms with E-state index in [4.69, 9.17) is 0 Å². The first-order chi connectivity index (χ1) is 11.7. The average Bonchev–Trinajstić information content (AvgIpc) is 3.22. The predicted molar refractivity (Wildman–Crippen MR) is 101 cm³/mol. The topological polar surface area (TPSA) is 47.2 Å². The summed E-state index contributed by atoms with van der Waals surface area (Å²) in [5, 5.41) is 6.88. The first kappa shape index (κ1) is 15.0. The van der Waals surface area contributed by atoms with Crippen LogP contribution >= 0.6 is 22.7 Å². The molecule has 0 aliphatic rings. The summed E-state index contributed by atoms with van der Waals surface area (Å²) in [7, 11) is 0. The number of fused-ring (bicyclic) bond motifs is 1. The van der Waals surface area contributed by atoms with Gasteiger partial charge >= 0.3 is 0 Å². The SMILES string of the molecule is Cc1sc2ncn(/N=C/c3cccs3)c(=O)c2c1-c1ccccc1. The van der Waals surface area contributed by atoms with Gasteiger partial charge in [-0.1, -0.05) is 36.4 Å². The van der Waals surface area contributed by atoms with Gasteiger partial charge in [-0.05, 0) is 23.9 Å². The zero-order valence-corrected chi connectivity index (χ0v) is 14.5. The number of thiophene rings is 2. The van der Waals surface area contributed by atoms with E-state index in [0.717, 1.165) is 25.7 Å². The number of benzene rings is 1. The summed E-state index contributed by atoms with van der Waals surface area (Å²) in [4.78, 5) is 20.2. The molecule has 0 aliphatic carbocycles. The molecule has 0 atom stereocenters. The van der Waals surface area contributed by atoms with Crippen LogP contribution in [0.3, 0.4) is 0 Å². The lowest BCUT2D eigenvalue weighted by Crippen LogP contribution is -2.16. The molecule has 0 amide bonds. The fourth-order valence-corrected chi connectivity index (χ4v) is 4.19. The van der Waals surface area contributed by atoms with Crippen molar-refractivity contribution in [3.8, 4) is 11.1 Å². The van der Waals surface area contributed by atoms with Gasteiger partial charge in [0, 0.05) is 15.3 Å². The Morgan fingerprint density at radius 3 is 2.75 bits per heavy atom. The van der Waals surface area contributed by atoms with Crippen molar-refractivity contribution in [2.75, 3.05) is 0 Å². The maximum Gasteiger partial charge on any atom is 0.283 e. The third-order valence-electron chi connectivity index (χ3n) is 3.69. The maximum absolute atomic E-state index is 12.9. The highest BCUT2D eigenvalue weighted by atomic mass is 32.1. The Bertz CT molecular complexity index is 1080. The van der Waals surface area contributed by atoms with Gasteiger partial charge in [0.15, 0.2) is 0 Å². The summed E-state index contributed by atoms with van der Waals surface area (Å²) < 4.78 is 1.31. The van der Waals surface area contributed by atoms with Crippen molar-refractivity contribution in [3.63, 3.8) is 0 Å². The lowest BCUT2D eigenvalue weighted by molar-refractivity contribution is 0.819. The Morgan fingerprint density at radius 1 is 1.17 bits per heavy atom. The lowest BCUT2D eigenvalue weighted by atomic mass is 10.0. The second kappa shape index (κ2) is 6.14. The summed E-state index contributed by atoms with van der Waals surface area (Å²) in [6.07, 6.45) is 3.17. The predicted octanol–water partition coefficient (Wildman–Crippen LogP) is 4.38. The smallest absolute Gasteiger partial charge is 0.267 e. The van der Waals surface area contributed by atoms with Gasteiger partial charge < -0.3 is 0 Å². The van der Waals surface area contributed by atoms with Gasteiger partial charge in [-0.2, -0.15) is 9.78 Å². The van der Waals surface area contributed by atoms with Crippen LogP contribution in [-0.4, -0.2) is 15.9 Å². The van der Waals surface area contributed by atoms with Crippen LogP contribution in [0.4, 0.5) is 0 Å². The Morgan fingerprint density at radius 2 is 2.00 bits per heavy atom. The van der Waals surface area contributed by atoms with Gasteiger partial charge in [0.25, 0.3) is 5.56 Å². The van der Waals surface area contributed by atoms with Crippen LogP contribution in [0.25, 0.3) is 21.3 Å². The molecular weight excluding hydrogens is 338 g/mol. The normalized spacial score (nSPS) is 11.5. The number of hydrogen-bond donors (Lipinski definition) is 0. The van der Waals surface area contributed by atoms with E-state index in [1.54, 1.807) is 17.6 Å². The molecule has 0 N–H and O–H groups in total. The van der Waals surface area contributed by atoms with E-state index in [0.29, 0.717) is 5.39 Å². The number of aryl methyl sites for hydroxylation is 1. The van der Waals surface area contributed by atoms with Crippen LogP contribution < -0.4 is 5.56 Å². The fraction of sp³-hybridized carbons (Fsp3) is 0.0556. The number of nitrogens with zero attached hydrogens (tertiary/aromatic N) is 3. The van der Waals surface area contributed by atoms with Gasteiger partial charge in [-0.3, -0.25) is 4.79 Å². The largest absolute Gasteiger partial charge is 0.283 e. The van der Waals surface area contributed by atoms with Gasteiger partial charge in [-0.25, -0.2) is 4.98 Å². The van der Waals surface area contributed by atoms with E-state index < -0.39 is 0 Å². The van der Waals surface area contributed by atoms with E-state index in [1.165, 1.54) is 22.3 Å². The molecule has 0 bridgehead atoms. The molecule has 0 spiro atoms. The summed E-state index contributed by atoms with van der Waals surface area (Å²) in [6.45, 7) is 2.02. The highest BCUT2D eigenvalue weighted by molar-refractivity contribution is 7.19. The first-order valence-electron chi connectivity index (χ1n) is 7.38. The highest BCUT2D eigenvalue weighted by Crippen LogP contribution is 2.35. The molecule has 3 heterocycles. The van der Waals surface area contributed by atoms with Gasteiger partial charge in [0.2, 0.25) is 0 Å². The molecule has 0 unspecified atom stereocenters. The average molecular weight is 351 g/mol. The minimum absolute atomic E-state index is 0.143. The molecule has 4 aromatic rings. The Hall–Kier alpha value is -2.57. The summed E-state index contributed by atoms with van der Waals surface area (Å²) in [5.74, 6) is 0. The fourth-order valence-electron chi connectivity index (χ4n) is 2.61. The van der Waals surface area contributed by atoms with Crippen LogP contribution in [0.1, 0.15) is 9.75 Å². The van der Waals surface area contributed by atoms with Crippen molar-refractivity contribution in [1.29, 1.82) is 0 Å². The summed E-state index contributed by atoms with van der Waals surface area (Å²) in [5.41, 5.74) is 1.84. The molecule has 1 aromatic carbocycles. The van der Waals surface area contributed by atoms with Crippen molar-refractivity contribution < 1.29 is 0 Å². The second-order valence-electron chi connectivity index (χ2n) is 5.23. The molecule has 0 radical (unpaired) electrons. The molecule has 0 fully saturated rings. The van der Waals surface area contributed by atoms with Crippen LogP contribution in [0, 0.1) is 6.92 Å². The minimum Gasteiger partial charge on any atom is -0.267 e. The highest BCUT2D eigenvalue weighted by Gasteiger charge is 2.16. The molecule has 4 rings (SSSR count). The molecular formula is C18H13N3OS2. The van der Waals surface area contributed by atoms with E-state index in [-0.39, 0.29) is 5.56 Å². The molecule has 4 nitrogen and oxygen atoms in total. The standard InChI is InChI=1S/C18H13N3OS2/c1-12-15(13-6-3-2-4-7-13)16-17(24-12)19-11-21(18(16)22)20-10-14-8-5-9-23-14/h2-11H,1H3/b20-10+. The first-order valence-corrected chi connectivity index (χ1v) is 9.07. The van der Waals surface area contributed by atoms with Gasteiger partial charge in [0.1, 0.15) is 11.2 Å². The Labute approximate surface area is 146 Å². The zero-order chi connectivity index (χ0) is 16.5. The van der Waals surface area contributed by atoms with Gasteiger partial charge in [0.05, 0.1) is 11.6 Å². The summed E-state index contributed by atoms with van der Waals surface area (Å²) in [6, 6.07) is 13.8. The lowest BCUT2D eigenvalue weighted by Gasteiger charge is -2.02. The van der Waals surface area contributed by atoms with Crippen LogP contribution in [0.2, 0.25) is 0 Å². The quantitative estimate of drug-likeness (QED) is 0.514. The third-order valence-corrected chi connectivity index (χ3v) is 5.51. The molecule has 0 saturated heterocycles. The number of hydrogen-bond acceptors (Lipinski definition) is 5. The molecule has 0 saturated carbocycles. The monoisotopic (exact) mass is 351 g/mol. The van der Waals surface area contributed by atoms with E-state index in [1.807, 2.05) is 54.8 Å². The molecule has 0 aliphatic heterocycles. The van der Waals surface area contributed by atoms with Crippen LogP contribution in [0.15, 0.2) is 64.1 Å². The third kappa shape index (κ3) is 2.60. The van der Waals surface area contributed by atoms with Crippen LogP contribution in [0.5, 0.6) is 0 Å². The number of aromatic nitrogens is 2. The summed E-state index contributed by atoms with van der Waals surface area (Å²) >= 11 is 3.11. The van der Waals surface area contributed by atoms with Crippen molar-refractivity contribution in [2.45, 2.75) is 6.92 Å². The molecule has 3 aromatic heterocycles. The number of rotatable bonds is 3. The molecule has 6 heteroatoms. The van der Waals surface area contributed by atoms with Crippen molar-refractivity contribution in [1.82, 2.24) is 9.66 Å². The van der Waals surface area contributed by atoms with Gasteiger partial charge in [-0.15, -0.1) is 22.7 Å². The second-order valence-corrected chi connectivity index (χ2v) is 7.42. The molecule has 24 heavy (non-hydrogen) atoms. The van der Waals surface area contributed by atoms with Crippen molar-refractivity contribution >= 4 is 39.1 Å². The Kier molecular flexibility index (Phi) is 3.84. The maximum atomic E-state index is 12.9. The zero-order valence-electron chi connectivity index (χ0n) is 12.8. The molecule has 118 valence electrons. The van der Waals surface area contributed by atoms with Crippen LogP contribution in [-0.2, 0) is 0 Å². The van der Waals surface area contributed by atoms with Crippen molar-refractivity contribution in [2.24, 2.45) is 5.10 Å². The van der Waals surface area contributed by atoms with E-state index in [2.05, 4.69) is 10.1 Å². The minimum atomic E-state index is -0.143.